The first kappa shape index (κ1) is 7.28. The molecule has 0 aromatic rings. The second kappa shape index (κ2) is 2.93. The van der Waals surface area contributed by atoms with E-state index in [1.807, 2.05) is 0 Å². The molecule has 0 radical (unpaired) electrons. The van der Waals surface area contributed by atoms with Gasteiger partial charge in [-0.3, -0.25) is 4.90 Å². The van der Waals surface area contributed by atoms with Crippen LogP contribution in [0.15, 0.2) is 12.2 Å². The van der Waals surface area contributed by atoms with Gasteiger partial charge in [0, 0.05) is 32.1 Å². The van der Waals surface area contributed by atoms with Crippen LogP contribution >= 0.6 is 0 Å². The van der Waals surface area contributed by atoms with Gasteiger partial charge in [-0.05, 0) is 0 Å². The Balaban J connectivity index is 1.96. The van der Waals surface area contributed by atoms with Gasteiger partial charge in [0.1, 0.15) is 6.23 Å². The minimum Gasteiger partial charge on any atom is -0.378 e. The smallest absolute Gasteiger partial charge is 0.109 e. The quantitative estimate of drug-likeness (QED) is 0.463. The fourth-order valence-corrected chi connectivity index (χ4v) is 1.70. The molecule has 2 N–H and O–H groups in total. The molecule has 11 heavy (non-hydrogen) atoms. The van der Waals surface area contributed by atoms with E-state index in [4.69, 9.17) is 0 Å². The zero-order chi connectivity index (χ0) is 7.68. The van der Waals surface area contributed by atoms with Crippen molar-refractivity contribution in [2.24, 2.45) is 0 Å². The van der Waals surface area contributed by atoms with Gasteiger partial charge in [-0.15, -0.1) is 0 Å². The Morgan fingerprint density at radius 1 is 1.45 bits per heavy atom. The van der Waals surface area contributed by atoms with Gasteiger partial charge in [0.2, 0.25) is 0 Å². The zero-order valence-corrected chi connectivity index (χ0v) is 6.53. The van der Waals surface area contributed by atoms with Crippen LogP contribution in [-0.4, -0.2) is 41.9 Å². The molecule has 0 aromatic heterocycles. The first-order valence-electron chi connectivity index (χ1n) is 4.17. The highest BCUT2D eigenvalue weighted by Crippen LogP contribution is 2.23. The molecule has 2 heterocycles. The fraction of sp³-hybridized carbons (Fsp3) is 0.750. The molecule has 0 saturated carbocycles. The zero-order valence-electron chi connectivity index (χ0n) is 6.53. The molecule has 1 fully saturated rings. The molecule has 62 valence electrons. The largest absolute Gasteiger partial charge is 0.378 e. The van der Waals surface area contributed by atoms with Gasteiger partial charge >= 0.3 is 0 Å². The highest BCUT2D eigenvalue weighted by atomic mass is 16.3. The number of rotatable bonds is 0. The molecule has 2 rings (SSSR count). The van der Waals surface area contributed by atoms with Crippen molar-refractivity contribution in [1.29, 1.82) is 0 Å². The summed E-state index contributed by atoms with van der Waals surface area (Å²) in [7, 11) is 0. The number of hydrogen-bond donors (Lipinski definition) is 2. The van der Waals surface area contributed by atoms with Crippen LogP contribution in [0.2, 0.25) is 0 Å². The van der Waals surface area contributed by atoms with E-state index >= 15 is 0 Å². The standard InChI is InChI=1S/C8H14N2O/c11-8-5-7-6-9-3-1-2-4-10(7)8/h1-2,7-9,11H,3-6H2/b2-1-/t7-,8-/m1/s1. The highest BCUT2D eigenvalue weighted by Gasteiger charge is 2.35. The van der Waals surface area contributed by atoms with Crippen LogP contribution in [0.5, 0.6) is 0 Å². The summed E-state index contributed by atoms with van der Waals surface area (Å²) in [5.74, 6) is 0. The first-order chi connectivity index (χ1) is 5.38. The second-order valence-corrected chi connectivity index (χ2v) is 3.20. The Bertz CT molecular complexity index is 169. The second-order valence-electron chi connectivity index (χ2n) is 3.20. The summed E-state index contributed by atoms with van der Waals surface area (Å²) in [6, 6.07) is 0.565. The summed E-state index contributed by atoms with van der Waals surface area (Å²) in [6.07, 6.45) is 4.97. The lowest BCUT2D eigenvalue weighted by Gasteiger charge is -2.45. The van der Waals surface area contributed by atoms with Gasteiger partial charge in [0.05, 0.1) is 0 Å². The lowest BCUT2D eigenvalue weighted by Crippen LogP contribution is -2.59. The molecule has 0 aliphatic carbocycles. The van der Waals surface area contributed by atoms with Crippen molar-refractivity contribution < 1.29 is 5.11 Å². The van der Waals surface area contributed by atoms with E-state index in [1.54, 1.807) is 0 Å². The lowest BCUT2D eigenvalue weighted by molar-refractivity contribution is -0.111. The van der Waals surface area contributed by atoms with Crippen LogP contribution in [0.1, 0.15) is 6.42 Å². The van der Waals surface area contributed by atoms with E-state index < -0.39 is 0 Å². The van der Waals surface area contributed by atoms with Gasteiger partial charge in [0.25, 0.3) is 0 Å². The summed E-state index contributed by atoms with van der Waals surface area (Å²) in [5, 5.41) is 12.6. The van der Waals surface area contributed by atoms with E-state index in [0.29, 0.717) is 6.04 Å². The van der Waals surface area contributed by atoms with E-state index in [9.17, 15) is 5.11 Å². The molecular formula is C8H14N2O. The Morgan fingerprint density at radius 2 is 2.36 bits per heavy atom. The maximum absolute atomic E-state index is 9.32. The minimum absolute atomic E-state index is 0.190. The van der Waals surface area contributed by atoms with Crippen molar-refractivity contribution in [3.63, 3.8) is 0 Å². The third kappa shape index (κ3) is 1.31. The summed E-state index contributed by atoms with van der Waals surface area (Å²) in [6.45, 7) is 2.90. The van der Waals surface area contributed by atoms with Crippen molar-refractivity contribution in [2.75, 3.05) is 19.6 Å². The monoisotopic (exact) mass is 154 g/mol. The number of fused-ring (bicyclic) bond motifs is 1. The van der Waals surface area contributed by atoms with Crippen LogP contribution < -0.4 is 5.32 Å². The number of aliphatic hydroxyl groups excluding tert-OH is 1. The molecule has 3 heteroatoms. The molecule has 0 aromatic carbocycles. The maximum atomic E-state index is 9.32. The third-order valence-corrected chi connectivity index (χ3v) is 2.46. The SMILES string of the molecule is O[C@@H]1C[C@@H]2CNC/C=C\CN21. The molecule has 2 atom stereocenters. The van der Waals surface area contributed by atoms with E-state index in [1.165, 1.54) is 0 Å². The molecule has 0 unspecified atom stereocenters. The van der Waals surface area contributed by atoms with Gasteiger partial charge in [-0.25, -0.2) is 0 Å². The predicted molar refractivity (Wildman–Crippen MR) is 43.1 cm³/mol. The number of nitrogens with zero attached hydrogens (tertiary/aromatic N) is 1. The van der Waals surface area contributed by atoms with Crippen LogP contribution in [0.3, 0.4) is 0 Å². The first-order valence-corrected chi connectivity index (χ1v) is 4.17. The summed E-state index contributed by atoms with van der Waals surface area (Å²) < 4.78 is 0. The van der Waals surface area contributed by atoms with Crippen LogP contribution in [0.25, 0.3) is 0 Å². The van der Waals surface area contributed by atoms with Crippen LogP contribution in [0.4, 0.5) is 0 Å². The molecule has 0 bridgehead atoms. The van der Waals surface area contributed by atoms with E-state index in [2.05, 4.69) is 22.4 Å². The third-order valence-electron chi connectivity index (χ3n) is 2.46. The molecular weight excluding hydrogens is 140 g/mol. The normalized spacial score (nSPS) is 41.5. The van der Waals surface area contributed by atoms with Gasteiger partial charge < -0.3 is 10.4 Å². The summed E-state index contributed by atoms with van der Waals surface area (Å²) in [4.78, 5) is 2.11. The Hall–Kier alpha value is -0.380. The Morgan fingerprint density at radius 3 is 3.18 bits per heavy atom. The highest BCUT2D eigenvalue weighted by molar-refractivity contribution is 4.97. The maximum Gasteiger partial charge on any atom is 0.109 e. The van der Waals surface area contributed by atoms with Crippen molar-refractivity contribution in [3.8, 4) is 0 Å². The minimum atomic E-state index is -0.190. The van der Waals surface area contributed by atoms with Crippen molar-refractivity contribution in [1.82, 2.24) is 10.2 Å². The summed E-state index contributed by atoms with van der Waals surface area (Å²) >= 11 is 0. The van der Waals surface area contributed by atoms with E-state index in [0.717, 1.165) is 26.1 Å². The van der Waals surface area contributed by atoms with Crippen molar-refractivity contribution in [3.05, 3.63) is 12.2 Å². The van der Waals surface area contributed by atoms with Crippen LogP contribution in [-0.2, 0) is 0 Å². The van der Waals surface area contributed by atoms with Gasteiger partial charge in [0.15, 0.2) is 0 Å². The number of nitrogens with one attached hydrogen (secondary N) is 1. The van der Waals surface area contributed by atoms with Gasteiger partial charge in [-0.1, -0.05) is 12.2 Å². The summed E-state index contributed by atoms with van der Waals surface area (Å²) in [5.41, 5.74) is 0. The predicted octanol–water partition coefficient (Wildman–Crippen LogP) is -0.461. The Labute approximate surface area is 66.7 Å². The average Bonchev–Trinajstić information content (AvgIpc) is 1.96. The van der Waals surface area contributed by atoms with Gasteiger partial charge in [-0.2, -0.15) is 0 Å². The van der Waals surface area contributed by atoms with Crippen molar-refractivity contribution in [2.45, 2.75) is 18.7 Å². The number of hydrogen-bond acceptors (Lipinski definition) is 3. The molecule has 2 aliphatic rings. The molecule has 0 spiro atoms. The molecule has 0 amide bonds. The van der Waals surface area contributed by atoms with Crippen molar-refractivity contribution >= 4 is 0 Å². The topological polar surface area (TPSA) is 35.5 Å². The van der Waals surface area contributed by atoms with Crippen LogP contribution in [0, 0.1) is 0 Å². The number of aliphatic hydroxyl groups is 1. The molecule has 1 saturated heterocycles. The van der Waals surface area contributed by atoms with E-state index in [-0.39, 0.29) is 6.23 Å². The molecule has 3 nitrogen and oxygen atoms in total. The molecule has 2 aliphatic heterocycles. The lowest BCUT2D eigenvalue weighted by atomic mass is 10.00. The average molecular weight is 154 g/mol. The fourth-order valence-electron chi connectivity index (χ4n) is 1.70. The Kier molecular flexibility index (Phi) is 1.94.